The number of anilines is 1. The van der Waals surface area contributed by atoms with E-state index in [0.717, 1.165) is 26.1 Å². The highest BCUT2D eigenvalue weighted by atomic mass is 16.5. The lowest BCUT2D eigenvalue weighted by Gasteiger charge is -2.34. The Hall–Kier alpha value is -1.59. The number of rotatable bonds is 4. The molecule has 1 aromatic rings. The molecule has 21 heavy (non-hydrogen) atoms. The Kier molecular flexibility index (Phi) is 4.12. The van der Waals surface area contributed by atoms with Crippen molar-refractivity contribution in [2.24, 2.45) is 0 Å². The fourth-order valence-corrected chi connectivity index (χ4v) is 3.24. The molecule has 114 valence electrons. The third kappa shape index (κ3) is 3.19. The van der Waals surface area contributed by atoms with Crippen LogP contribution in [0.2, 0.25) is 0 Å². The lowest BCUT2D eigenvalue weighted by molar-refractivity contribution is -0.140. The monoisotopic (exact) mass is 290 g/mol. The van der Waals surface area contributed by atoms with Gasteiger partial charge in [0.05, 0.1) is 19.6 Å². The zero-order valence-electron chi connectivity index (χ0n) is 12.4. The summed E-state index contributed by atoms with van der Waals surface area (Å²) < 4.78 is 5.43. The van der Waals surface area contributed by atoms with Gasteiger partial charge in [-0.2, -0.15) is 0 Å². The van der Waals surface area contributed by atoms with Gasteiger partial charge in [0.15, 0.2) is 0 Å². The van der Waals surface area contributed by atoms with Crippen molar-refractivity contribution in [3.8, 4) is 0 Å². The van der Waals surface area contributed by atoms with Crippen LogP contribution in [0.5, 0.6) is 0 Å². The maximum atomic E-state index is 11.0. The maximum absolute atomic E-state index is 11.0. The number of ether oxygens (including phenoxy) is 1. The van der Waals surface area contributed by atoms with Gasteiger partial charge in [0.25, 0.3) is 0 Å². The molecule has 1 unspecified atom stereocenters. The molecule has 3 rings (SSSR count). The first-order valence-electron chi connectivity index (χ1n) is 7.50. The molecule has 2 aliphatic heterocycles. The predicted molar refractivity (Wildman–Crippen MR) is 80.7 cm³/mol. The molecule has 1 fully saturated rings. The second kappa shape index (κ2) is 6.03. The molecule has 0 aromatic heterocycles. The third-order valence-electron chi connectivity index (χ3n) is 4.42. The van der Waals surface area contributed by atoms with Crippen LogP contribution in [0.1, 0.15) is 17.5 Å². The molecule has 0 saturated carbocycles. The van der Waals surface area contributed by atoms with Crippen molar-refractivity contribution in [1.29, 1.82) is 0 Å². The molecule has 2 heterocycles. The minimum absolute atomic E-state index is 0.0211. The molecule has 2 aliphatic rings. The molecule has 5 nitrogen and oxygen atoms in total. The van der Waals surface area contributed by atoms with E-state index in [1.165, 1.54) is 16.8 Å². The third-order valence-corrected chi connectivity index (χ3v) is 4.42. The van der Waals surface area contributed by atoms with E-state index in [4.69, 9.17) is 9.84 Å². The van der Waals surface area contributed by atoms with Gasteiger partial charge in [0, 0.05) is 38.4 Å². The molecule has 0 spiro atoms. The van der Waals surface area contributed by atoms with Crippen LogP contribution in [0.4, 0.5) is 5.69 Å². The van der Waals surface area contributed by atoms with Crippen molar-refractivity contribution < 1.29 is 14.6 Å². The molecule has 0 aliphatic carbocycles. The summed E-state index contributed by atoms with van der Waals surface area (Å²) >= 11 is 0. The number of hydrogen-bond acceptors (Lipinski definition) is 4. The first kappa shape index (κ1) is 14.4. The zero-order chi connectivity index (χ0) is 14.8. The fourth-order valence-electron chi connectivity index (χ4n) is 3.24. The second-order valence-corrected chi connectivity index (χ2v) is 5.93. The van der Waals surface area contributed by atoms with Crippen molar-refractivity contribution >= 4 is 11.7 Å². The molecule has 0 radical (unpaired) electrons. The van der Waals surface area contributed by atoms with Crippen LogP contribution in [0.25, 0.3) is 0 Å². The van der Waals surface area contributed by atoms with Crippen molar-refractivity contribution in [2.75, 3.05) is 38.3 Å². The summed E-state index contributed by atoms with van der Waals surface area (Å²) in [7, 11) is 2.12. The number of hydrogen-bond donors (Lipinski definition) is 1. The van der Waals surface area contributed by atoms with E-state index in [1.54, 1.807) is 0 Å². The zero-order valence-corrected chi connectivity index (χ0v) is 12.4. The lowest BCUT2D eigenvalue weighted by Crippen LogP contribution is -2.45. The largest absolute Gasteiger partial charge is 0.481 e. The minimum atomic E-state index is -0.758. The van der Waals surface area contributed by atoms with E-state index in [0.29, 0.717) is 13.2 Å². The second-order valence-electron chi connectivity index (χ2n) is 5.93. The number of likely N-dealkylation sites (N-methyl/N-ethyl adjacent to an activating group) is 1. The number of aliphatic carboxylic acids is 1. The van der Waals surface area contributed by atoms with Gasteiger partial charge in [-0.25, -0.2) is 0 Å². The van der Waals surface area contributed by atoms with E-state index in [2.05, 4.69) is 35.0 Å². The van der Waals surface area contributed by atoms with Gasteiger partial charge in [-0.05, 0) is 23.6 Å². The molecule has 5 heteroatoms. The Morgan fingerprint density at radius 3 is 3.10 bits per heavy atom. The molecule has 0 bridgehead atoms. The van der Waals surface area contributed by atoms with Crippen LogP contribution < -0.4 is 4.90 Å². The molecular formula is C16H22N2O3. The first-order chi connectivity index (χ1) is 10.1. The van der Waals surface area contributed by atoms with E-state index < -0.39 is 5.97 Å². The van der Waals surface area contributed by atoms with Crippen LogP contribution in [0.3, 0.4) is 0 Å². The minimum Gasteiger partial charge on any atom is -0.481 e. The molecule has 1 aromatic carbocycles. The van der Waals surface area contributed by atoms with E-state index >= 15 is 0 Å². The van der Waals surface area contributed by atoms with Crippen LogP contribution in [0, 0.1) is 0 Å². The molecule has 1 saturated heterocycles. The average molecular weight is 290 g/mol. The van der Waals surface area contributed by atoms with Gasteiger partial charge >= 0.3 is 5.97 Å². The van der Waals surface area contributed by atoms with Gasteiger partial charge in [-0.3, -0.25) is 9.69 Å². The van der Waals surface area contributed by atoms with Crippen LogP contribution in [-0.2, 0) is 22.5 Å². The van der Waals surface area contributed by atoms with Crippen molar-refractivity contribution in [3.63, 3.8) is 0 Å². The summed E-state index contributed by atoms with van der Waals surface area (Å²) in [5, 5.41) is 9.02. The maximum Gasteiger partial charge on any atom is 0.305 e. The highest BCUT2D eigenvalue weighted by Gasteiger charge is 2.25. The molecular weight excluding hydrogens is 268 g/mol. The lowest BCUT2D eigenvalue weighted by atomic mass is 10.1. The fraction of sp³-hybridized carbons (Fsp3) is 0.562. The van der Waals surface area contributed by atoms with Gasteiger partial charge in [0.1, 0.15) is 0 Å². The molecule has 1 N–H and O–H groups in total. The SMILES string of the molecule is CN1CCc2cc(CN3CCOCC3CC(=O)O)ccc21. The number of carbonyl (C=O) groups is 1. The molecule has 1 atom stereocenters. The Morgan fingerprint density at radius 1 is 1.43 bits per heavy atom. The topological polar surface area (TPSA) is 53.0 Å². The highest BCUT2D eigenvalue weighted by Crippen LogP contribution is 2.28. The summed E-state index contributed by atoms with van der Waals surface area (Å²) in [6.07, 6.45) is 1.25. The number of morpholine rings is 1. The Bertz CT molecular complexity index is 532. The summed E-state index contributed by atoms with van der Waals surface area (Å²) in [4.78, 5) is 15.5. The van der Waals surface area contributed by atoms with E-state index in [9.17, 15) is 4.79 Å². The van der Waals surface area contributed by atoms with Gasteiger partial charge in [-0.15, -0.1) is 0 Å². The van der Waals surface area contributed by atoms with Crippen LogP contribution in [-0.4, -0.2) is 55.4 Å². The summed E-state index contributed by atoms with van der Waals surface area (Å²) in [5.74, 6) is -0.758. The van der Waals surface area contributed by atoms with E-state index in [-0.39, 0.29) is 12.5 Å². The summed E-state index contributed by atoms with van der Waals surface area (Å²) in [6, 6.07) is 6.59. The quantitative estimate of drug-likeness (QED) is 0.907. The van der Waals surface area contributed by atoms with Crippen molar-refractivity contribution in [2.45, 2.75) is 25.4 Å². The van der Waals surface area contributed by atoms with Crippen molar-refractivity contribution in [3.05, 3.63) is 29.3 Å². The summed E-state index contributed by atoms with van der Waals surface area (Å²) in [6.45, 7) is 3.88. The number of benzene rings is 1. The van der Waals surface area contributed by atoms with Gasteiger partial charge in [0.2, 0.25) is 0 Å². The van der Waals surface area contributed by atoms with Crippen LogP contribution >= 0.6 is 0 Å². The Morgan fingerprint density at radius 2 is 2.29 bits per heavy atom. The predicted octanol–water partition coefficient (Wildman–Crippen LogP) is 1.35. The molecule has 0 amide bonds. The van der Waals surface area contributed by atoms with Gasteiger partial charge in [-0.1, -0.05) is 12.1 Å². The van der Waals surface area contributed by atoms with E-state index in [1.807, 2.05) is 0 Å². The Labute approximate surface area is 125 Å². The average Bonchev–Trinajstić information content (AvgIpc) is 2.82. The highest BCUT2D eigenvalue weighted by molar-refractivity contribution is 5.67. The number of nitrogens with zero attached hydrogens (tertiary/aromatic N) is 2. The first-order valence-corrected chi connectivity index (χ1v) is 7.50. The standard InChI is InChI=1S/C16H22N2O3/c1-17-5-4-13-8-12(2-3-15(13)17)10-18-6-7-21-11-14(18)9-16(19)20/h2-3,8,14H,4-7,9-11H2,1H3,(H,19,20). The number of fused-ring (bicyclic) bond motifs is 1. The normalized spacial score (nSPS) is 22.3. The van der Waals surface area contributed by atoms with Crippen molar-refractivity contribution in [1.82, 2.24) is 4.90 Å². The smallest absolute Gasteiger partial charge is 0.305 e. The summed E-state index contributed by atoms with van der Waals surface area (Å²) in [5.41, 5.74) is 3.99. The van der Waals surface area contributed by atoms with Gasteiger partial charge < -0.3 is 14.7 Å². The Balaban J connectivity index is 1.71. The van der Waals surface area contributed by atoms with Crippen LogP contribution in [0.15, 0.2) is 18.2 Å². The number of carboxylic acid groups (broad SMARTS) is 1. The number of carboxylic acids is 1.